The Bertz CT molecular complexity index is 1490. The molecule has 0 saturated heterocycles. The molecule has 0 aromatic heterocycles. The SMILES string of the molecule is Fc1ccc(C(F)(F)F)cc1CN1CC(c2ccccc2)=C(c2ccccc2)c2cccc(C(F)(F)F)c21. The van der Waals surface area contributed by atoms with Crippen LogP contribution in [-0.2, 0) is 18.9 Å². The predicted molar refractivity (Wildman–Crippen MR) is 133 cm³/mol. The Morgan fingerprint density at radius 1 is 0.658 bits per heavy atom. The van der Waals surface area contributed by atoms with Crippen molar-refractivity contribution in [1.82, 2.24) is 0 Å². The van der Waals surface area contributed by atoms with Crippen molar-refractivity contribution >= 4 is 16.8 Å². The quantitative estimate of drug-likeness (QED) is 0.240. The van der Waals surface area contributed by atoms with Crippen LogP contribution in [0.3, 0.4) is 0 Å². The Morgan fingerprint density at radius 3 is 1.89 bits per heavy atom. The van der Waals surface area contributed by atoms with Gasteiger partial charge in [-0.25, -0.2) is 4.39 Å². The summed E-state index contributed by atoms with van der Waals surface area (Å²) in [6.07, 6.45) is -9.48. The molecule has 1 nitrogen and oxygen atoms in total. The number of para-hydroxylation sites is 1. The second kappa shape index (κ2) is 9.67. The highest BCUT2D eigenvalue weighted by molar-refractivity contribution is 6.05. The minimum absolute atomic E-state index is 0.0793. The summed E-state index contributed by atoms with van der Waals surface area (Å²) in [5.41, 5.74) is 0.398. The van der Waals surface area contributed by atoms with E-state index in [1.165, 1.54) is 11.0 Å². The van der Waals surface area contributed by atoms with Crippen LogP contribution in [0, 0.1) is 5.82 Å². The third kappa shape index (κ3) is 4.90. The van der Waals surface area contributed by atoms with Gasteiger partial charge >= 0.3 is 12.4 Å². The summed E-state index contributed by atoms with van der Waals surface area (Å²) in [7, 11) is 0. The van der Waals surface area contributed by atoms with Gasteiger partial charge in [0, 0.05) is 24.2 Å². The lowest BCUT2D eigenvalue weighted by Gasteiger charge is -2.37. The molecule has 0 unspecified atom stereocenters. The van der Waals surface area contributed by atoms with Crippen molar-refractivity contribution in [2.24, 2.45) is 0 Å². The van der Waals surface area contributed by atoms with Gasteiger partial charge in [-0.2, -0.15) is 26.3 Å². The van der Waals surface area contributed by atoms with Crippen molar-refractivity contribution in [2.75, 3.05) is 11.4 Å². The summed E-state index contributed by atoms with van der Waals surface area (Å²) in [6, 6.07) is 23.8. The van der Waals surface area contributed by atoms with Crippen molar-refractivity contribution in [2.45, 2.75) is 18.9 Å². The highest BCUT2D eigenvalue weighted by atomic mass is 19.4. The highest BCUT2D eigenvalue weighted by Crippen LogP contribution is 2.48. The van der Waals surface area contributed by atoms with Crippen LogP contribution >= 0.6 is 0 Å². The van der Waals surface area contributed by atoms with Gasteiger partial charge in [-0.15, -0.1) is 0 Å². The molecule has 0 N–H and O–H groups in total. The number of hydrogen-bond acceptors (Lipinski definition) is 1. The van der Waals surface area contributed by atoms with Crippen LogP contribution in [0.15, 0.2) is 97.1 Å². The van der Waals surface area contributed by atoms with Gasteiger partial charge in [-0.3, -0.25) is 0 Å². The number of rotatable bonds is 4. The molecular formula is C30H20F7N. The first-order chi connectivity index (χ1) is 18.0. The highest BCUT2D eigenvalue weighted by Gasteiger charge is 2.39. The molecule has 1 aliphatic rings. The number of anilines is 1. The van der Waals surface area contributed by atoms with Crippen LogP contribution < -0.4 is 4.90 Å². The summed E-state index contributed by atoms with van der Waals surface area (Å²) < 4.78 is 97.7. The molecule has 0 amide bonds. The van der Waals surface area contributed by atoms with E-state index in [9.17, 15) is 30.7 Å². The molecule has 8 heteroatoms. The molecule has 0 spiro atoms. The molecule has 4 aromatic carbocycles. The fourth-order valence-corrected chi connectivity index (χ4v) is 4.85. The first-order valence-corrected chi connectivity index (χ1v) is 11.7. The molecule has 38 heavy (non-hydrogen) atoms. The van der Waals surface area contributed by atoms with E-state index < -0.39 is 35.8 Å². The normalized spacial score (nSPS) is 14.0. The Hall–Kier alpha value is -4.07. The molecule has 4 aromatic rings. The molecule has 0 bridgehead atoms. The van der Waals surface area contributed by atoms with Crippen LogP contribution in [0.1, 0.15) is 33.4 Å². The van der Waals surface area contributed by atoms with Crippen LogP contribution in [0.2, 0.25) is 0 Å². The number of fused-ring (bicyclic) bond motifs is 1. The van der Waals surface area contributed by atoms with Crippen molar-refractivity contribution < 1.29 is 30.7 Å². The van der Waals surface area contributed by atoms with Gasteiger partial charge in [-0.05, 0) is 46.5 Å². The van der Waals surface area contributed by atoms with E-state index in [1.807, 2.05) is 12.1 Å². The van der Waals surface area contributed by atoms with Gasteiger partial charge in [0.05, 0.1) is 16.8 Å². The van der Waals surface area contributed by atoms with Gasteiger partial charge < -0.3 is 4.90 Å². The lowest BCUT2D eigenvalue weighted by Crippen LogP contribution is -2.32. The Morgan fingerprint density at radius 2 is 1.29 bits per heavy atom. The predicted octanol–water partition coefficient (Wildman–Crippen LogP) is 8.84. The number of nitrogens with zero attached hydrogens (tertiary/aromatic N) is 1. The summed E-state index contributed by atoms with van der Waals surface area (Å²) in [5, 5.41) is 0. The van der Waals surface area contributed by atoms with E-state index in [1.54, 1.807) is 54.6 Å². The van der Waals surface area contributed by atoms with Gasteiger partial charge in [0.25, 0.3) is 0 Å². The van der Waals surface area contributed by atoms with Crippen molar-refractivity contribution in [3.8, 4) is 0 Å². The molecule has 0 aliphatic carbocycles. The van der Waals surface area contributed by atoms with Gasteiger partial charge in [-0.1, -0.05) is 72.8 Å². The van der Waals surface area contributed by atoms with Crippen molar-refractivity contribution in [1.29, 1.82) is 0 Å². The Labute approximate surface area is 214 Å². The van der Waals surface area contributed by atoms with E-state index in [-0.39, 0.29) is 23.4 Å². The largest absolute Gasteiger partial charge is 0.418 e. The lowest BCUT2D eigenvalue weighted by molar-refractivity contribution is -0.138. The minimum Gasteiger partial charge on any atom is -0.362 e. The van der Waals surface area contributed by atoms with Crippen LogP contribution in [0.25, 0.3) is 11.1 Å². The zero-order valence-electron chi connectivity index (χ0n) is 19.7. The van der Waals surface area contributed by atoms with E-state index in [0.717, 1.165) is 11.6 Å². The Kier molecular flexibility index (Phi) is 6.51. The molecular weight excluding hydrogens is 507 g/mol. The maximum Gasteiger partial charge on any atom is 0.418 e. The van der Waals surface area contributed by atoms with Crippen molar-refractivity contribution in [3.05, 3.63) is 136 Å². The molecule has 0 saturated carbocycles. The Balaban J connectivity index is 1.76. The molecule has 0 radical (unpaired) electrons. The number of halogens is 7. The van der Waals surface area contributed by atoms with E-state index in [4.69, 9.17) is 0 Å². The summed E-state index contributed by atoms with van der Waals surface area (Å²) in [6.45, 7) is -0.571. The molecule has 194 valence electrons. The zero-order chi connectivity index (χ0) is 27.1. The average Bonchev–Trinajstić information content (AvgIpc) is 2.89. The summed E-state index contributed by atoms with van der Waals surface area (Å²) in [5.74, 6) is -0.928. The summed E-state index contributed by atoms with van der Waals surface area (Å²) >= 11 is 0. The van der Waals surface area contributed by atoms with Crippen molar-refractivity contribution in [3.63, 3.8) is 0 Å². The van der Waals surface area contributed by atoms with Gasteiger partial charge in [0.15, 0.2) is 0 Å². The second-order valence-electron chi connectivity index (χ2n) is 8.95. The van der Waals surface area contributed by atoms with Crippen LogP contribution in [-0.4, -0.2) is 6.54 Å². The first-order valence-electron chi connectivity index (χ1n) is 11.7. The van der Waals surface area contributed by atoms with E-state index in [0.29, 0.717) is 34.9 Å². The third-order valence-corrected chi connectivity index (χ3v) is 6.50. The molecule has 1 heterocycles. The van der Waals surface area contributed by atoms with E-state index in [2.05, 4.69) is 0 Å². The van der Waals surface area contributed by atoms with E-state index >= 15 is 0 Å². The molecule has 0 atom stereocenters. The van der Waals surface area contributed by atoms with Gasteiger partial charge in [0.1, 0.15) is 5.82 Å². The fraction of sp³-hybridized carbons (Fsp3) is 0.133. The average molecular weight is 527 g/mol. The zero-order valence-corrected chi connectivity index (χ0v) is 19.7. The second-order valence-corrected chi connectivity index (χ2v) is 8.95. The standard InChI is InChI=1S/C30H20F7N/c31-26-15-14-22(29(32,33)34)16-21(26)17-38-18-24(19-8-3-1-4-9-19)27(20-10-5-2-6-11-20)23-12-7-13-25(28(23)38)30(35,36)37/h1-16H,17-18H2. The van der Waals surface area contributed by atoms with Gasteiger partial charge in [0.2, 0.25) is 0 Å². The summed E-state index contributed by atoms with van der Waals surface area (Å²) in [4.78, 5) is 1.31. The molecule has 1 aliphatic heterocycles. The third-order valence-electron chi connectivity index (χ3n) is 6.50. The minimum atomic E-state index is -4.75. The first kappa shape index (κ1) is 25.6. The van der Waals surface area contributed by atoms with Crippen LogP contribution in [0.4, 0.5) is 36.4 Å². The number of benzene rings is 4. The maximum atomic E-state index is 14.8. The number of alkyl halides is 6. The number of hydrogen-bond donors (Lipinski definition) is 0. The fourth-order valence-electron chi connectivity index (χ4n) is 4.85. The topological polar surface area (TPSA) is 3.24 Å². The monoisotopic (exact) mass is 527 g/mol. The lowest BCUT2D eigenvalue weighted by atomic mass is 9.84. The molecule has 5 rings (SSSR count). The maximum absolute atomic E-state index is 14.8. The smallest absolute Gasteiger partial charge is 0.362 e. The van der Waals surface area contributed by atoms with Crippen LogP contribution in [0.5, 0.6) is 0 Å². The molecule has 0 fully saturated rings.